The minimum atomic E-state index is 0.364. The predicted octanol–water partition coefficient (Wildman–Crippen LogP) is 2.21. The van der Waals surface area contributed by atoms with Crippen LogP contribution in [0.4, 0.5) is 0 Å². The highest BCUT2D eigenvalue weighted by Gasteiger charge is 2.15. The molecular formula is C13H25N3O. The number of nitrogens with one attached hydrogen (secondary N) is 1. The first-order valence-corrected chi connectivity index (χ1v) is 6.32. The van der Waals surface area contributed by atoms with E-state index in [0.29, 0.717) is 6.04 Å². The van der Waals surface area contributed by atoms with Crippen molar-refractivity contribution in [3.63, 3.8) is 0 Å². The van der Waals surface area contributed by atoms with Crippen molar-refractivity contribution in [2.24, 2.45) is 0 Å². The van der Waals surface area contributed by atoms with Gasteiger partial charge in [0.25, 0.3) is 0 Å². The van der Waals surface area contributed by atoms with Gasteiger partial charge in [-0.15, -0.1) is 0 Å². The second-order valence-electron chi connectivity index (χ2n) is 4.52. The van der Waals surface area contributed by atoms with Crippen LogP contribution >= 0.6 is 0 Å². The Labute approximate surface area is 104 Å². The number of unbranched alkanes of at least 4 members (excludes halogenated alkanes) is 1. The molecule has 1 atom stereocenters. The summed E-state index contributed by atoms with van der Waals surface area (Å²) in [7, 11) is 3.73. The number of rotatable bonds is 7. The van der Waals surface area contributed by atoms with Crippen LogP contribution in [0.25, 0.3) is 0 Å². The zero-order valence-corrected chi connectivity index (χ0v) is 11.7. The largest absolute Gasteiger partial charge is 0.385 e. The van der Waals surface area contributed by atoms with E-state index < -0.39 is 0 Å². The van der Waals surface area contributed by atoms with Gasteiger partial charge in [0.2, 0.25) is 0 Å². The molecule has 0 amide bonds. The number of hydrogen-bond donors (Lipinski definition) is 1. The Morgan fingerprint density at radius 3 is 2.65 bits per heavy atom. The molecule has 0 aliphatic carbocycles. The standard InChI is InChI=1S/C13H25N3O/c1-10(14-4)13-11(2)15-16(12(13)3)8-6-7-9-17-5/h10,14H,6-9H2,1-5H3. The van der Waals surface area contributed by atoms with Crippen molar-refractivity contribution in [2.45, 2.75) is 46.2 Å². The lowest BCUT2D eigenvalue weighted by atomic mass is 10.1. The smallest absolute Gasteiger partial charge is 0.0644 e. The Balaban J connectivity index is 2.68. The van der Waals surface area contributed by atoms with Crippen LogP contribution < -0.4 is 5.32 Å². The molecule has 0 fully saturated rings. The first-order valence-electron chi connectivity index (χ1n) is 6.32. The molecule has 1 N–H and O–H groups in total. The fraction of sp³-hybridized carbons (Fsp3) is 0.769. The summed E-state index contributed by atoms with van der Waals surface area (Å²) in [4.78, 5) is 0. The maximum Gasteiger partial charge on any atom is 0.0644 e. The van der Waals surface area contributed by atoms with Crippen molar-refractivity contribution in [2.75, 3.05) is 20.8 Å². The highest BCUT2D eigenvalue weighted by atomic mass is 16.5. The summed E-state index contributed by atoms with van der Waals surface area (Å²) in [5.74, 6) is 0. The number of ether oxygens (including phenoxy) is 1. The van der Waals surface area contributed by atoms with Gasteiger partial charge in [0, 0.05) is 37.6 Å². The van der Waals surface area contributed by atoms with Crippen molar-refractivity contribution < 1.29 is 4.74 Å². The molecule has 4 nitrogen and oxygen atoms in total. The summed E-state index contributed by atoms with van der Waals surface area (Å²) in [6.45, 7) is 8.22. The molecule has 0 saturated heterocycles. The zero-order chi connectivity index (χ0) is 12.8. The maximum absolute atomic E-state index is 5.05. The molecule has 0 spiro atoms. The Bertz CT molecular complexity index is 347. The summed E-state index contributed by atoms with van der Waals surface area (Å²) in [6, 6.07) is 0.364. The molecule has 0 radical (unpaired) electrons. The third-order valence-electron chi connectivity index (χ3n) is 3.27. The molecule has 98 valence electrons. The summed E-state index contributed by atoms with van der Waals surface area (Å²) >= 11 is 0. The quantitative estimate of drug-likeness (QED) is 0.741. The van der Waals surface area contributed by atoms with Crippen LogP contribution in [0, 0.1) is 13.8 Å². The van der Waals surface area contributed by atoms with Gasteiger partial charge < -0.3 is 10.1 Å². The van der Waals surface area contributed by atoms with Crippen molar-refractivity contribution in [3.05, 3.63) is 17.0 Å². The average molecular weight is 239 g/mol. The molecule has 1 heterocycles. The SMILES string of the molecule is CNC(C)c1c(C)nn(CCCCOC)c1C. The Kier molecular flexibility index (Phi) is 5.65. The third-order valence-corrected chi connectivity index (χ3v) is 3.27. The fourth-order valence-corrected chi connectivity index (χ4v) is 2.21. The van der Waals surface area contributed by atoms with Crippen LogP contribution in [0.3, 0.4) is 0 Å². The summed E-state index contributed by atoms with van der Waals surface area (Å²) in [5.41, 5.74) is 3.75. The molecule has 17 heavy (non-hydrogen) atoms. The number of methoxy groups -OCH3 is 1. The highest BCUT2D eigenvalue weighted by molar-refractivity contribution is 5.27. The van der Waals surface area contributed by atoms with E-state index in [4.69, 9.17) is 4.74 Å². The van der Waals surface area contributed by atoms with E-state index in [1.54, 1.807) is 7.11 Å². The summed E-state index contributed by atoms with van der Waals surface area (Å²) in [6.07, 6.45) is 2.20. The molecule has 0 aliphatic heterocycles. The Hall–Kier alpha value is -0.870. The van der Waals surface area contributed by atoms with E-state index >= 15 is 0 Å². The second kappa shape index (κ2) is 6.77. The molecule has 1 aromatic heterocycles. The van der Waals surface area contributed by atoms with E-state index in [-0.39, 0.29) is 0 Å². The van der Waals surface area contributed by atoms with Crippen LogP contribution in [0.5, 0.6) is 0 Å². The van der Waals surface area contributed by atoms with Crippen molar-refractivity contribution in [3.8, 4) is 0 Å². The van der Waals surface area contributed by atoms with Crippen LogP contribution in [-0.2, 0) is 11.3 Å². The van der Waals surface area contributed by atoms with E-state index in [1.165, 1.54) is 11.3 Å². The lowest BCUT2D eigenvalue weighted by Crippen LogP contribution is -2.14. The Morgan fingerprint density at radius 1 is 1.35 bits per heavy atom. The van der Waals surface area contributed by atoms with Crippen molar-refractivity contribution in [1.29, 1.82) is 0 Å². The third kappa shape index (κ3) is 3.54. The Morgan fingerprint density at radius 2 is 2.06 bits per heavy atom. The van der Waals surface area contributed by atoms with Gasteiger partial charge in [-0.05, 0) is 40.7 Å². The first-order chi connectivity index (χ1) is 8.11. The van der Waals surface area contributed by atoms with E-state index in [0.717, 1.165) is 31.7 Å². The minimum absolute atomic E-state index is 0.364. The normalized spacial score (nSPS) is 13.0. The monoisotopic (exact) mass is 239 g/mol. The van der Waals surface area contributed by atoms with Crippen LogP contribution in [0.15, 0.2) is 0 Å². The maximum atomic E-state index is 5.05. The van der Waals surface area contributed by atoms with Gasteiger partial charge >= 0.3 is 0 Å². The van der Waals surface area contributed by atoms with E-state index in [2.05, 4.69) is 35.9 Å². The number of aromatic nitrogens is 2. The first kappa shape index (κ1) is 14.2. The molecule has 4 heteroatoms. The minimum Gasteiger partial charge on any atom is -0.385 e. The highest BCUT2D eigenvalue weighted by Crippen LogP contribution is 2.21. The molecule has 0 saturated carbocycles. The van der Waals surface area contributed by atoms with Gasteiger partial charge in [-0.1, -0.05) is 0 Å². The lowest BCUT2D eigenvalue weighted by Gasteiger charge is -2.11. The van der Waals surface area contributed by atoms with Crippen LogP contribution in [-0.4, -0.2) is 30.5 Å². The summed E-state index contributed by atoms with van der Waals surface area (Å²) in [5, 5.41) is 7.89. The number of nitrogens with zero attached hydrogens (tertiary/aromatic N) is 2. The van der Waals surface area contributed by atoms with Gasteiger partial charge in [-0.25, -0.2) is 0 Å². The van der Waals surface area contributed by atoms with Crippen LogP contribution in [0.1, 0.15) is 42.8 Å². The molecule has 1 rings (SSSR count). The zero-order valence-electron chi connectivity index (χ0n) is 11.7. The molecule has 1 unspecified atom stereocenters. The predicted molar refractivity (Wildman–Crippen MR) is 70.3 cm³/mol. The molecule has 1 aromatic rings. The van der Waals surface area contributed by atoms with Gasteiger partial charge in [0.15, 0.2) is 0 Å². The second-order valence-corrected chi connectivity index (χ2v) is 4.52. The fourth-order valence-electron chi connectivity index (χ4n) is 2.21. The number of hydrogen-bond acceptors (Lipinski definition) is 3. The van der Waals surface area contributed by atoms with Gasteiger partial charge in [-0.2, -0.15) is 5.10 Å². The lowest BCUT2D eigenvalue weighted by molar-refractivity contribution is 0.191. The van der Waals surface area contributed by atoms with Gasteiger partial charge in [0.05, 0.1) is 5.69 Å². The van der Waals surface area contributed by atoms with Crippen molar-refractivity contribution in [1.82, 2.24) is 15.1 Å². The van der Waals surface area contributed by atoms with E-state index in [1.807, 2.05) is 7.05 Å². The van der Waals surface area contributed by atoms with Crippen LogP contribution in [0.2, 0.25) is 0 Å². The molecular weight excluding hydrogens is 214 g/mol. The number of aryl methyl sites for hydroxylation is 2. The molecule has 0 bridgehead atoms. The van der Waals surface area contributed by atoms with Crippen molar-refractivity contribution >= 4 is 0 Å². The molecule has 0 aromatic carbocycles. The topological polar surface area (TPSA) is 39.1 Å². The van der Waals surface area contributed by atoms with Gasteiger partial charge in [0.1, 0.15) is 0 Å². The summed E-state index contributed by atoms with van der Waals surface area (Å²) < 4.78 is 7.17. The average Bonchev–Trinajstić information content (AvgIpc) is 2.59. The molecule has 0 aliphatic rings. The van der Waals surface area contributed by atoms with Gasteiger partial charge in [-0.3, -0.25) is 4.68 Å². The van der Waals surface area contributed by atoms with E-state index in [9.17, 15) is 0 Å².